The van der Waals surface area contributed by atoms with Gasteiger partial charge in [-0.25, -0.2) is 0 Å². The van der Waals surface area contributed by atoms with Gasteiger partial charge in [-0.3, -0.25) is 4.98 Å². The summed E-state index contributed by atoms with van der Waals surface area (Å²) in [6, 6.07) is 10.9. The molecule has 0 radical (unpaired) electrons. The van der Waals surface area contributed by atoms with Crippen LogP contribution >= 0.6 is 27.5 Å². The lowest BCUT2D eigenvalue weighted by Crippen LogP contribution is -2.21. The fraction of sp³-hybridized carbons (Fsp3) is 0.214. The van der Waals surface area contributed by atoms with Crippen molar-refractivity contribution < 1.29 is 5.11 Å². The smallest absolute Gasteiger partial charge is 0.0896 e. The summed E-state index contributed by atoms with van der Waals surface area (Å²) in [6.07, 6.45) is 0.966. The van der Waals surface area contributed by atoms with Crippen molar-refractivity contribution in [2.45, 2.75) is 12.0 Å². The van der Waals surface area contributed by atoms with Gasteiger partial charge in [-0.15, -0.1) is 0 Å². The molecule has 100 valence electrons. The topological polar surface area (TPSA) is 59.1 Å². The van der Waals surface area contributed by atoms with Crippen LogP contribution in [0.15, 0.2) is 47.1 Å². The average molecular weight is 342 g/mol. The summed E-state index contributed by atoms with van der Waals surface area (Å²) in [7, 11) is 0. The molecule has 2 rings (SSSR count). The van der Waals surface area contributed by atoms with Crippen LogP contribution in [-0.2, 0) is 0 Å². The van der Waals surface area contributed by atoms with E-state index in [1.54, 1.807) is 24.4 Å². The molecular weight excluding hydrogens is 328 g/mol. The predicted octanol–water partition coefficient (Wildman–Crippen LogP) is 3.27. The highest BCUT2D eigenvalue weighted by Crippen LogP contribution is 2.34. The lowest BCUT2D eigenvalue weighted by molar-refractivity contribution is 0.145. The first kappa shape index (κ1) is 14.5. The molecule has 0 aliphatic carbocycles. The van der Waals surface area contributed by atoms with Crippen LogP contribution in [0.1, 0.15) is 23.3 Å². The first-order chi connectivity index (χ1) is 9.13. The highest BCUT2D eigenvalue weighted by Gasteiger charge is 2.24. The van der Waals surface area contributed by atoms with Gasteiger partial charge in [0.05, 0.1) is 6.10 Å². The number of pyridine rings is 1. The second kappa shape index (κ2) is 6.48. The van der Waals surface area contributed by atoms with Crippen LogP contribution in [0.4, 0.5) is 0 Å². The molecule has 3 nitrogen and oxygen atoms in total. The van der Waals surface area contributed by atoms with Crippen molar-refractivity contribution in [3.05, 3.63) is 63.3 Å². The highest BCUT2D eigenvalue weighted by molar-refractivity contribution is 9.10. The van der Waals surface area contributed by atoms with Gasteiger partial charge in [0.2, 0.25) is 0 Å². The Bertz CT molecular complexity index is 550. The van der Waals surface area contributed by atoms with E-state index in [2.05, 4.69) is 20.9 Å². The Hall–Kier alpha value is -0.940. The molecule has 5 heteroatoms. The van der Waals surface area contributed by atoms with Crippen LogP contribution in [0.2, 0.25) is 5.02 Å². The van der Waals surface area contributed by atoms with Crippen molar-refractivity contribution in [2.75, 3.05) is 6.54 Å². The number of aliphatic hydroxyl groups excluding tert-OH is 1. The first-order valence-corrected chi connectivity index (χ1v) is 7.04. The minimum atomic E-state index is -0.730. The lowest BCUT2D eigenvalue weighted by Gasteiger charge is -2.22. The SMILES string of the molecule is NCC(c1ccccn1)C(O)c1ccc(Cl)cc1Br. The van der Waals surface area contributed by atoms with E-state index in [0.717, 1.165) is 15.7 Å². The summed E-state index contributed by atoms with van der Waals surface area (Å²) in [4.78, 5) is 4.26. The van der Waals surface area contributed by atoms with Crippen LogP contribution in [0.25, 0.3) is 0 Å². The highest BCUT2D eigenvalue weighted by atomic mass is 79.9. The standard InChI is InChI=1S/C14H14BrClN2O/c15-12-7-9(16)4-5-10(12)14(19)11(8-17)13-3-1-2-6-18-13/h1-7,11,14,19H,8,17H2. The van der Waals surface area contributed by atoms with Crippen LogP contribution in [0.5, 0.6) is 0 Å². The number of benzene rings is 1. The fourth-order valence-corrected chi connectivity index (χ4v) is 2.88. The summed E-state index contributed by atoms with van der Waals surface area (Å²) in [6.45, 7) is 0.313. The van der Waals surface area contributed by atoms with Gasteiger partial charge in [0.25, 0.3) is 0 Å². The third-order valence-electron chi connectivity index (χ3n) is 2.98. The molecule has 0 aliphatic heterocycles. The molecule has 0 fully saturated rings. The molecule has 3 N–H and O–H groups in total. The van der Waals surface area contributed by atoms with E-state index >= 15 is 0 Å². The number of halogens is 2. The molecule has 0 amide bonds. The van der Waals surface area contributed by atoms with Crippen molar-refractivity contribution in [1.82, 2.24) is 4.98 Å². The Balaban J connectivity index is 2.33. The number of aliphatic hydroxyl groups is 1. The van der Waals surface area contributed by atoms with Gasteiger partial charge in [-0.05, 0) is 29.8 Å². The van der Waals surface area contributed by atoms with Gasteiger partial charge in [-0.2, -0.15) is 0 Å². The summed E-state index contributed by atoms with van der Waals surface area (Å²) in [5.74, 6) is -0.251. The number of hydrogen-bond donors (Lipinski definition) is 2. The molecule has 2 unspecified atom stereocenters. The van der Waals surface area contributed by atoms with Crippen LogP contribution < -0.4 is 5.73 Å². The Kier molecular flexibility index (Phi) is 4.93. The van der Waals surface area contributed by atoms with Crippen molar-refractivity contribution in [1.29, 1.82) is 0 Å². The Labute approximate surface area is 125 Å². The van der Waals surface area contributed by atoms with E-state index in [-0.39, 0.29) is 5.92 Å². The summed E-state index contributed by atoms with van der Waals surface area (Å²) in [5.41, 5.74) is 7.31. The number of rotatable bonds is 4. The molecular formula is C14H14BrClN2O. The third kappa shape index (κ3) is 3.34. The molecule has 1 aromatic carbocycles. The molecule has 1 heterocycles. The first-order valence-electron chi connectivity index (χ1n) is 5.87. The Morgan fingerprint density at radius 1 is 1.32 bits per heavy atom. The normalized spacial score (nSPS) is 14.1. The zero-order valence-electron chi connectivity index (χ0n) is 10.1. The van der Waals surface area contributed by atoms with E-state index in [0.29, 0.717) is 11.6 Å². The van der Waals surface area contributed by atoms with Crippen molar-refractivity contribution in [2.24, 2.45) is 5.73 Å². The van der Waals surface area contributed by atoms with E-state index in [9.17, 15) is 5.11 Å². The van der Waals surface area contributed by atoms with E-state index in [1.807, 2.05) is 18.2 Å². The maximum Gasteiger partial charge on any atom is 0.0896 e. The van der Waals surface area contributed by atoms with Crippen LogP contribution in [-0.4, -0.2) is 16.6 Å². The van der Waals surface area contributed by atoms with Crippen LogP contribution in [0, 0.1) is 0 Å². The van der Waals surface area contributed by atoms with E-state index in [1.165, 1.54) is 0 Å². The average Bonchev–Trinajstić information content (AvgIpc) is 2.40. The molecule has 2 aromatic rings. The number of nitrogens with zero attached hydrogens (tertiary/aromatic N) is 1. The Morgan fingerprint density at radius 2 is 2.11 bits per heavy atom. The van der Waals surface area contributed by atoms with Gasteiger partial charge in [-0.1, -0.05) is 39.7 Å². The quantitative estimate of drug-likeness (QED) is 0.897. The third-order valence-corrected chi connectivity index (χ3v) is 3.91. The van der Waals surface area contributed by atoms with Crippen molar-refractivity contribution >= 4 is 27.5 Å². The summed E-state index contributed by atoms with van der Waals surface area (Å²) >= 11 is 9.32. The van der Waals surface area contributed by atoms with Gasteiger partial charge in [0.1, 0.15) is 0 Å². The second-order valence-electron chi connectivity index (χ2n) is 4.21. The summed E-state index contributed by atoms with van der Waals surface area (Å²) in [5, 5.41) is 11.1. The molecule has 2 atom stereocenters. The number of hydrogen-bond acceptors (Lipinski definition) is 3. The van der Waals surface area contributed by atoms with E-state index in [4.69, 9.17) is 17.3 Å². The fourth-order valence-electron chi connectivity index (χ4n) is 1.96. The second-order valence-corrected chi connectivity index (χ2v) is 5.50. The molecule has 19 heavy (non-hydrogen) atoms. The predicted molar refractivity (Wildman–Crippen MR) is 80.1 cm³/mol. The van der Waals surface area contributed by atoms with Crippen molar-refractivity contribution in [3.63, 3.8) is 0 Å². The Morgan fingerprint density at radius 3 is 2.68 bits per heavy atom. The zero-order chi connectivity index (χ0) is 13.8. The number of nitrogens with two attached hydrogens (primary N) is 1. The van der Waals surface area contributed by atoms with Gasteiger partial charge in [0, 0.05) is 33.8 Å². The van der Waals surface area contributed by atoms with Gasteiger partial charge < -0.3 is 10.8 Å². The molecule has 1 aromatic heterocycles. The lowest BCUT2D eigenvalue weighted by atomic mass is 9.92. The van der Waals surface area contributed by atoms with E-state index < -0.39 is 6.10 Å². The maximum absolute atomic E-state index is 10.5. The largest absolute Gasteiger partial charge is 0.388 e. The van der Waals surface area contributed by atoms with Crippen LogP contribution in [0.3, 0.4) is 0 Å². The molecule has 0 spiro atoms. The van der Waals surface area contributed by atoms with Crippen molar-refractivity contribution in [3.8, 4) is 0 Å². The molecule has 0 bridgehead atoms. The zero-order valence-corrected chi connectivity index (χ0v) is 12.5. The molecule has 0 aliphatic rings. The number of aromatic nitrogens is 1. The minimum Gasteiger partial charge on any atom is -0.388 e. The maximum atomic E-state index is 10.5. The minimum absolute atomic E-state index is 0.251. The summed E-state index contributed by atoms with van der Waals surface area (Å²) < 4.78 is 0.766. The van der Waals surface area contributed by atoms with Gasteiger partial charge >= 0.3 is 0 Å². The molecule has 0 saturated carbocycles. The monoisotopic (exact) mass is 340 g/mol. The molecule has 0 saturated heterocycles. The van der Waals surface area contributed by atoms with Gasteiger partial charge in [0.15, 0.2) is 0 Å².